The van der Waals surface area contributed by atoms with Crippen LogP contribution in [0.2, 0.25) is 0 Å². The van der Waals surface area contributed by atoms with E-state index in [0.29, 0.717) is 5.75 Å². The van der Waals surface area contributed by atoms with E-state index in [1.165, 1.54) is 11.1 Å². The molecule has 76 valence electrons. The van der Waals surface area contributed by atoms with Crippen LogP contribution in [-0.2, 0) is 6.42 Å². The maximum absolute atomic E-state index is 9.40. The van der Waals surface area contributed by atoms with Crippen LogP contribution in [0.4, 0.5) is 0 Å². The molecule has 0 amide bonds. The van der Waals surface area contributed by atoms with E-state index in [4.69, 9.17) is 0 Å². The molecule has 2 heteroatoms. The predicted molar refractivity (Wildman–Crippen MR) is 70.1 cm³/mol. The van der Waals surface area contributed by atoms with Crippen molar-refractivity contribution in [2.75, 3.05) is 0 Å². The molecule has 0 aliphatic rings. The number of phenolic OH excluding ortho intramolecular Hbond substituents is 1. The molecule has 0 radical (unpaired) electrons. The van der Waals surface area contributed by atoms with Crippen molar-refractivity contribution in [2.24, 2.45) is 0 Å². The van der Waals surface area contributed by atoms with E-state index < -0.39 is 0 Å². The molecule has 0 aliphatic heterocycles. The number of rotatable bonds is 2. The van der Waals surface area contributed by atoms with Gasteiger partial charge in [0.05, 0.1) is 3.57 Å². The van der Waals surface area contributed by atoms with Gasteiger partial charge in [0.15, 0.2) is 0 Å². The predicted octanol–water partition coefficient (Wildman–Crippen LogP) is 3.59. The number of aromatic hydroxyl groups is 1. The third kappa shape index (κ3) is 2.72. The van der Waals surface area contributed by atoms with Gasteiger partial charge in [-0.15, -0.1) is 0 Å². The molecule has 1 N–H and O–H groups in total. The molecule has 0 aliphatic carbocycles. The Labute approximate surface area is 103 Å². The maximum Gasteiger partial charge on any atom is 0.128 e. The largest absolute Gasteiger partial charge is 0.507 e. The molecule has 0 saturated carbocycles. The Morgan fingerprint density at radius 3 is 2.33 bits per heavy atom. The Kier molecular flexibility index (Phi) is 3.26. The van der Waals surface area contributed by atoms with E-state index in [1.807, 2.05) is 30.3 Å². The highest BCUT2D eigenvalue weighted by atomic mass is 127. The first kappa shape index (κ1) is 10.5. The number of halogens is 1. The second-order valence-corrected chi connectivity index (χ2v) is 4.61. The number of benzene rings is 2. The summed E-state index contributed by atoms with van der Waals surface area (Å²) in [6.07, 6.45) is 0.914. The van der Waals surface area contributed by atoms with Crippen LogP contribution in [0.15, 0.2) is 48.5 Å². The van der Waals surface area contributed by atoms with Gasteiger partial charge in [0.25, 0.3) is 0 Å². The highest BCUT2D eigenvalue weighted by molar-refractivity contribution is 14.1. The molecule has 0 aromatic heterocycles. The molecular weight excluding hydrogens is 299 g/mol. The van der Waals surface area contributed by atoms with E-state index in [2.05, 4.69) is 34.7 Å². The molecule has 2 aromatic rings. The monoisotopic (exact) mass is 310 g/mol. The zero-order valence-corrected chi connectivity index (χ0v) is 10.3. The van der Waals surface area contributed by atoms with Crippen molar-refractivity contribution in [3.63, 3.8) is 0 Å². The number of hydrogen-bond acceptors (Lipinski definition) is 1. The minimum absolute atomic E-state index is 0.354. The van der Waals surface area contributed by atoms with Crippen LogP contribution in [-0.4, -0.2) is 5.11 Å². The normalized spacial score (nSPS) is 10.2. The van der Waals surface area contributed by atoms with Crippen molar-refractivity contribution in [1.82, 2.24) is 0 Å². The molecule has 2 rings (SSSR count). The van der Waals surface area contributed by atoms with Crippen LogP contribution in [0.1, 0.15) is 11.1 Å². The van der Waals surface area contributed by atoms with Gasteiger partial charge >= 0.3 is 0 Å². The summed E-state index contributed by atoms with van der Waals surface area (Å²) in [5.74, 6) is 0.354. The number of hydrogen-bond donors (Lipinski definition) is 1. The zero-order valence-electron chi connectivity index (χ0n) is 8.15. The standard InChI is InChI=1S/C13H11IO/c14-12-9-11(6-7-13(12)15)8-10-4-2-1-3-5-10/h1-7,9,15H,8H2. The van der Waals surface area contributed by atoms with Crippen molar-refractivity contribution >= 4 is 22.6 Å². The lowest BCUT2D eigenvalue weighted by Gasteiger charge is -2.03. The Hall–Kier alpha value is -1.03. The first-order valence-electron chi connectivity index (χ1n) is 4.77. The lowest BCUT2D eigenvalue weighted by molar-refractivity contribution is 0.471. The SMILES string of the molecule is Oc1ccc(Cc2ccccc2)cc1I. The fraction of sp³-hybridized carbons (Fsp3) is 0.0769. The quantitative estimate of drug-likeness (QED) is 0.841. The zero-order chi connectivity index (χ0) is 10.7. The molecule has 0 unspecified atom stereocenters. The smallest absolute Gasteiger partial charge is 0.128 e. The molecule has 1 nitrogen and oxygen atoms in total. The molecule has 0 saturated heterocycles. The summed E-state index contributed by atoms with van der Waals surface area (Å²) >= 11 is 2.14. The molecule has 0 bridgehead atoms. The summed E-state index contributed by atoms with van der Waals surface area (Å²) in [5.41, 5.74) is 2.52. The van der Waals surface area contributed by atoms with Gasteiger partial charge in [-0.05, 0) is 52.3 Å². The van der Waals surface area contributed by atoms with E-state index in [-0.39, 0.29) is 0 Å². The Morgan fingerprint density at radius 1 is 0.933 bits per heavy atom. The minimum Gasteiger partial charge on any atom is -0.507 e. The highest BCUT2D eigenvalue weighted by Gasteiger charge is 2.00. The van der Waals surface area contributed by atoms with Crippen LogP contribution in [0.5, 0.6) is 5.75 Å². The van der Waals surface area contributed by atoms with Gasteiger partial charge in [-0.25, -0.2) is 0 Å². The molecule has 0 fully saturated rings. The first-order chi connectivity index (χ1) is 7.25. The van der Waals surface area contributed by atoms with Gasteiger partial charge in [0, 0.05) is 0 Å². The summed E-state index contributed by atoms with van der Waals surface area (Å²) in [5, 5.41) is 9.40. The Balaban J connectivity index is 2.22. The van der Waals surface area contributed by atoms with E-state index in [9.17, 15) is 5.11 Å². The lowest BCUT2D eigenvalue weighted by Crippen LogP contribution is -1.88. The third-order valence-electron chi connectivity index (χ3n) is 2.26. The second-order valence-electron chi connectivity index (χ2n) is 3.45. The Bertz CT molecular complexity index is 451. The van der Waals surface area contributed by atoms with Gasteiger partial charge in [-0.2, -0.15) is 0 Å². The molecule has 0 atom stereocenters. The summed E-state index contributed by atoms with van der Waals surface area (Å²) in [7, 11) is 0. The van der Waals surface area contributed by atoms with Crippen LogP contribution < -0.4 is 0 Å². The lowest BCUT2D eigenvalue weighted by atomic mass is 10.1. The first-order valence-corrected chi connectivity index (χ1v) is 5.85. The van der Waals surface area contributed by atoms with Gasteiger partial charge in [-0.1, -0.05) is 36.4 Å². The average Bonchev–Trinajstić information content (AvgIpc) is 2.25. The van der Waals surface area contributed by atoms with E-state index >= 15 is 0 Å². The second kappa shape index (κ2) is 4.66. The molecule has 0 spiro atoms. The summed E-state index contributed by atoms with van der Waals surface area (Å²) < 4.78 is 0.904. The van der Waals surface area contributed by atoms with Crippen molar-refractivity contribution in [3.05, 3.63) is 63.2 Å². The van der Waals surface area contributed by atoms with E-state index in [1.54, 1.807) is 6.07 Å². The van der Waals surface area contributed by atoms with Gasteiger partial charge in [0.2, 0.25) is 0 Å². The van der Waals surface area contributed by atoms with Crippen LogP contribution in [0, 0.1) is 3.57 Å². The fourth-order valence-electron chi connectivity index (χ4n) is 1.49. The van der Waals surface area contributed by atoms with Crippen molar-refractivity contribution in [2.45, 2.75) is 6.42 Å². The van der Waals surface area contributed by atoms with Gasteiger partial charge in [-0.3, -0.25) is 0 Å². The minimum atomic E-state index is 0.354. The average molecular weight is 310 g/mol. The fourth-order valence-corrected chi connectivity index (χ4v) is 2.07. The van der Waals surface area contributed by atoms with Crippen molar-refractivity contribution in [3.8, 4) is 5.75 Å². The van der Waals surface area contributed by atoms with Crippen molar-refractivity contribution < 1.29 is 5.11 Å². The highest BCUT2D eigenvalue weighted by Crippen LogP contribution is 2.21. The molecule has 2 aromatic carbocycles. The maximum atomic E-state index is 9.40. The molecular formula is C13H11IO. The Morgan fingerprint density at radius 2 is 1.67 bits per heavy atom. The number of phenols is 1. The van der Waals surface area contributed by atoms with E-state index in [0.717, 1.165) is 9.99 Å². The molecule has 15 heavy (non-hydrogen) atoms. The summed E-state index contributed by atoms with van der Waals surface area (Å²) in [6.45, 7) is 0. The van der Waals surface area contributed by atoms with Crippen LogP contribution in [0.3, 0.4) is 0 Å². The van der Waals surface area contributed by atoms with Gasteiger partial charge in [0.1, 0.15) is 5.75 Å². The summed E-state index contributed by atoms with van der Waals surface area (Å²) in [4.78, 5) is 0. The molecule has 0 heterocycles. The topological polar surface area (TPSA) is 20.2 Å². The van der Waals surface area contributed by atoms with Crippen LogP contribution in [0.25, 0.3) is 0 Å². The third-order valence-corrected chi connectivity index (χ3v) is 3.13. The summed E-state index contributed by atoms with van der Waals surface area (Å²) in [6, 6.07) is 16.1. The van der Waals surface area contributed by atoms with Crippen LogP contribution >= 0.6 is 22.6 Å². The van der Waals surface area contributed by atoms with Crippen molar-refractivity contribution in [1.29, 1.82) is 0 Å². The van der Waals surface area contributed by atoms with Gasteiger partial charge < -0.3 is 5.11 Å².